The van der Waals surface area contributed by atoms with Crippen molar-refractivity contribution in [3.8, 4) is 11.4 Å². The minimum absolute atomic E-state index is 0.0721. The molecule has 0 N–H and O–H groups in total. The van der Waals surface area contributed by atoms with Gasteiger partial charge in [-0.15, -0.1) is 0 Å². The van der Waals surface area contributed by atoms with Gasteiger partial charge >= 0.3 is 0 Å². The molecule has 0 aliphatic carbocycles. The lowest BCUT2D eigenvalue weighted by Crippen LogP contribution is -2.48. The second-order valence-electron chi connectivity index (χ2n) is 7.42. The molecule has 3 aromatic rings. The number of hydrogen-bond acceptors (Lipinski definition) is 4. The molecule has 0 saturated carbocycles. The van der Waals surface area contributed by atoms with Crippen LogP contribution in [0.15, 0.2) is 53.1 Å². The summed E-state index contributed by atoms with van der Waals surface area (Å²) >= 11 is 3.54. The highest BCUT2D eigenvalue weighted by molar-refractivity contribution is 9.10. The van der Waals surface area contributed by atoms with Crippen LogP contribution in [-0.4, -0.2) is 58.4 Å². The van der Waals surface area contributed by atoms with Gasteiger partial charge in [0, 0.05) is 42.2 Å². The molecular formula is C23H25BrN4O. The van der Waals surface area contributed by atoms with Crippen LogP contribution in [0.4, 0.5) is 0 Å². The van der Waals surface area contributed by atoms with Gasteiger partial charge in [-0.3, -0.25) is 14.7 Å². The first-order valence-corrected chi connectivity index (χ1v) is 11.0. The van der Waals surface area contributed by atoms with Gasteiger partial charge in [-0.05, 0) is 49.4 Å². The van der Waals surface area contributed by atoms with Gasteiger partial charge in [0.25, 0.3) is 5.91 Å². The Morgan fingerprint density at radius 2 is 1.90 bits per heavy atom. The second kappa shape index (κ2) is 9.01. The number of pyridine rings is 2. The summed E-state index contributed by atoms with van der Waals surface area (Å²) in [6.45, 7) is 6.73. The van der Waals surface area contributed by atoms with Crippen LogP contribution >= 0.6 is 15.9 Å². The van der Waals surface area contributed by atoms with Crippen molar-refractivity contribution in [2.45, 2.75) is 19.8 Å². The van der Waals surface area contributed by atoms with E-state index in [2.05, 4.69) is 32.7 Å². The van der Waals surface area contributed by atoms with Crippen molar-refractivity contribution in [2.75, 3.05) is 32.7 Å². The van der Waals surface area contributed by atoms with Crippen LogP contribution in [0.3, 0.4) is 0 Å². The molecule has 3 heterocycles. The third-order valence-corrected chi connectivity index (χ3v) is 5.91. The molecule has 1 aliphatic rings. The molecule has 4 rings (SSSR count). The summed E-state index contributed by atoms with van der Waals surface area (Å²) < 4.78 is 0.941. The van der Waals surface area contributed by atoms with Gasteiger partial charge < -0.3 is 4.90 Å². The number of amides is 1. The minimum Gasteiger partial charge on any atom is -0.336 e. The van der Waals surface area contributed by atoms with Gasteiger partial charge in [-0.1, -0.05) is 35.3 Å². The van der Waals surface area contributed by atoms with E-state index in [9.17, 15) is 4.79 Å². The number of carbonyl (C=O) groups is 1. The van der Waals surface area contributed by atoms with Crippen molar-refractivity contribution in [2.24, 2.45) is 0 Å². The van der Waals surface area contributed by atoms with Crippen LogP contribution in [0, 0.1) is 0 Å². The van der Waals surface area contributed by atoms with Crippen molar-refractivity contribution in [1.82, 2.24) is 19.8 Å². The number of carbonyl (C=O) groups excluding carboxylic acids is 1. The molecule has 1 saturated heterocycles. The van der Waals surface area contributed by atoms with Gasteiger partial charge in [-0.25, -0.2) is 4.98 Å². The number of halogens is 1. The Morgan fingerprint density at radius 3 is 2.62 bits per heavy atom. The van der Waals surface area contributed by atoms with Gasteiger partial charge in [0.05, 0.1) is 22.5 Å². The number of hydrogen-bond donors (Lipinski definition) is 0. The molecule has 6 heteroatoms. The monoisotopic (exact) mass is 452 g/mol. The Bertz CT molecular complexity index is 1000. The van der Waals surface area contributed by atoms with Gasteiger partial charge in [-0.2, -0.15) is 0 Å². The van der Waals surface area contributed by atoms with E-state index in [1.54, 1.807) is 6.20 Å². The number of aromatic nitrogens is 2. The van der Waals surface area contributed by atoms with E-state index in [0.717, 1.165) is 59.5 Å². The molecule has 0 radical (unpaired) electrons. The fourth-order valence-corrected chi connectivity index (χ4v) is 4.11. The van der Waals surface area contributed by atoms with Crippen molar-refractivity contribution in [3.05, 3.63) is 58.7 Å². The zero-order valence-corrected chi connectivity index (χ0v) is 18.2. The molecule has 0 bridgehead atoms. The number of nitrogens with zero attached hydrogens (tertiary/aromatic N) is 4. The SMILES string of the molecule is CCCCN1CCN(C(=O)c2cc(-c3ccccn3)nc3ccc(Br)cc23)CC1. The third-order valence-electron chi connectivity index (χ3n) is 5.42. The average Bonchev–Trinajstić information content (AvgIpc) is 2.77. The molecular weight excluding hydrogens is 428 g/mol. The maximum atomic E-state index is 13.5. The lowest BCUT2D eigenvalue weighted by molar-refractivity contribution is 0.0637. The summed E-state index contributed by atoms with van der Waals surface area (Å²) in [5, 5.41) is 0.873. The molecule has 0 spiro atoms. The Kier molecular flexibility index (Phi) is 6.21. The van der Waals surface area contributed by atoms with Gasteiger partial charge in [0.1, 0.15) is 0 Å². The summed E-state index contributed by atoms with van der Waals surface area (Å²) in [6, 6.07) is 13.5. The predicted octanol–water partition coefficient (Wildman–Crippen LogP) is 4.62. The van der Waals surface area contributed by atoms with E-state index in [-0.39, 0.29) is 5.91 Å². The van der Waals surface area contributed by atoms with Gasteiger partial charge in [0.15, 0.2) is 0 Å². The van der Waals surface area contributed by atoms with Crippen molar-refractivity contribution >= 4 is 32.7 Å². The first-order chi connectivity index (χ1) is 14.2. The number of rotatable bonds is 5. The van der Waals surface area contributed by atoms with E-state index < -0.39 is 0 Å². The minimum atomic E-state index is 0.0721. The van der Waals surface area contributed by atoms with E-state index in [1.807, 2.05) is 47.4 Å². The van der Waals surface area contributed by atoms with Gasteiger partial charge in [0.2, 0.25) is 0 Å². The number of benzene rings is 1. The standard InChI is InChI=1S/C23H25BrN4O/c1-2-3-10-27-11-13-28(14-12-27)23(29)19-16-22(21-6-4-5-9-25-21)26-20-8-7-17(24)15-18(19)20/h4-9,15-16H,2-3,10-14H2,1H3. The van der Waals surface area contributed by atoms with Crippen LogP contribution in [0.25, 0.3) is 22.3 Å². The van der Waals surface area contributed by atoms with E-state index >= 15 is 0 Å². The topological polar surface area (TPSA) is 49.3 Å². The van der Waals surface area contributed by atoms with E-state index in [1.165, 1.54) is 12.8 Å². The van der Waals surface area contributed by atoms with Crippen molar-refractivity contribution in [3.63, 3.8) is 0 Å². The molecule has 1 fully saturated rings. The predicted molar refractivity (Wildman–Crippen MR) is 120 cm³/mol. The first kappa shape index (κ1) is 20.0. The molecule has 0 atom stereocenters. The molecule has 0 unspecified atom stereocenters. The summed E-state index contributed by atoms with van der Waals surface area (Å²) in [6.07, 6.45) is 4.16. The third kappa shape index (κ3) is 4.49. The number of piperazine rings is 1. The van der Waals surface area contributed by atoms with Crippen LogP contribution in [0.5, 0.6) is 0 Å². The Morgan fingerprint density at radius 1 is 1.07 bits per heavy atom. The Balaban J connectivity index is 1.67. The summed E-state index contributed by atoms with van der Waals surface area (Å²) in [4.78, 5) is 27.1. The molecule has 5 nitrogen and oxygen atoms in total. The maximum Gasteiger partial charge on any atom is 0.254 e. The van der Waals surface area contributed by atoms with Crippen LogP contribution in [0.2, 0.25) is 0 Å². The Labute approximate surface area is 179 Å². The molecule has 1 aromatic carbocycles. The zero-order valence-electron chi connectivity index (χ0n) is 16.6. The lowest BCUT2D eigenvalue weighted by Gasteiger charge is -2.35. The molecule has 150 valence electrons. The zero-order chi connectivity index (χ0) is 20.2. The highest BCUT2D eigenvalue weighted by Crippen LogP contribution is 2.27. The second-order valence-corrected chi connectivity index (χ2v) is 8.33. The summed E-state index contributed by atoms with van der Waals surface area (Å²) in [5.41, 5.74) is 3.00. The van der Waals surface area contributed by atoms with Crippen LogP contribution in [-0.2, 0) is 0 Å². The number of fused-ring (bicyclic) bond motifs is 1. The highest BCUT2D eigenvalue weighted by atomic mass is 79.9. The smallest absolute Gasteiger partial charge is 0.254 e. The number of unbranched alkanes of at least 4 members (excludes halogenated alkanes) is 1. The highest BCUT2D eigenvalue weighted by Gasteiger charge is 2.24. The fourth-order valence-electron chi connectivity index (χ4n) is 3.75. The largest absolute Gasteiger partial charge is 0.336 e. The lowest BCUT2D eigenvalue weighted by atomic mass is 10.0. The summed E-state index contributed by atoms with van der Waals surface area (Å²) in [7, 11) is 0. The summed E-state index contributed by atoms with van der Waals surface area (Å²) in [5.74, 6) is 0.0721. The van der Waals surface area contributed by atoms with Crippen LogP contribution in [0.1, 0.15) is 30.1 Å². The van der Waals surface area contributed by atoms with Crippen LogP contribution < -0.4 is 0 Å². The normalized spacial score (nSPS) is 15.0. The fraction of sp³-hybridized carbons (Fsp3) is 0.348. The van der Waals surface area contributed by atoms with E-state index in [4.69, 9.17) is 4.98 Å². The van der Waals surface area contributed by atoms with Crippen molar-refractivity contribution < 1.29 is 4.79 Å². The van der Waals surface area contributed by atoms with Crippen molar-refractivity contribution in [1.29, 1.82) is 0 Å². The molecule has 1 amide bonds. The molecule has 29 heavy (non-hydrogen) atoms. The molecule has 2 aromatic heterocycles. The first-order valence-electron chi connectivity index (χ1n) is 10.2. The van der Waals surface area contributed by atoms with E-state index in [0.29, 0.717) is 5.56 Å². The molecule has 1 aliphatic heterocycles. The quantitative estimate of drug-likeness (QED) is 0.566. The Hall–Kier alpha value is -2.31. The average molecular weight is 453 g/mol. The maximum absolute atomic E-state index is 13.5.